The highest BCUT2D eigenvalue weighted by Gasteiger charge is 2.13. The lowest BCUT2D eigenvalue weighted by Crippen LogP contribution is -1.98. The van der Waals surface area contributed by atoms with Crippen LogP contribution >= 0.6 is 0 Å². The fourth-order valence-corrected chi connectivity index (χ4v) is 2.52. The molecule has 0 aliphatic heterocycles. The molecule has 98 valence electrons. The molecule has 0 saturated heterocycles. The van der Waals surface area contributed by atoms with Crippen molar-refractivity contribution in [2.45, 2.75) is 20.8 Å². The average Bonchev–Trinajstić information content (AvgIpc) is 2.87. The first-order chi connectivity index (χ1) is 9.19. The molecule has 1 aromatic heterocycles. The fraction of sp³-hybridized carbons (Fsp3) is 0.222. The molecule has 0 saturated carbocycles. The number of aromatic amines is 1. The van der Waals surface area contributed by atoms with Crippen LogP contribution < -0.4 is 0 Å². The van der Waals surface area contributed by atoms with Gasteiger partial charge in [-0.1, -0.05) is 50.8 Å². The molecule has 19 heavy (non-hydrogen) atoms. The zero-order valence-corrected chi connectivity index (χ0v) is 11.9. The molecule has 0 atom stereocenters. The maximum atomic E-state index is 3.84. The van der Waals surface area contributed by atoms with Crippen LogP contribution in [0.25, 0.3) is 16.5 Å². The number of benzene rings is 1. The molecule has 1 heterocycles. The number of H-pyrrole nitrogens is 1. The molecular formula is C18H21N. The normalized spacial score (nSPS) is 13.3. The van der Waals surface area contributed by atoms with Crippen molar-refractivity contribution in [3.05, 3.63) is 66.4 Å². The molecule has 0 spiro atoms. The highest BCUT2D eigenvalue weighted by atomic mass is 14.7. The standard InChI is InChI=1S/C18H21N/c1-5-8-15(13(3)4)14(6-2)16-9-7-10-18-17(16)11-12-19-18/h5-13,19H,1H2,2-4H3/b14-6+,15-8-. The van der Waals surface area contributed by atoms with Crippen molar-refractivity contribution in [2.24, 2.45) is 5.92 Å². The summed E-state index contributed by atoms with van der Waals surface area (Å²) in [5.74, 6) is 0.471. The molecule has 1 heteroatoms. The summed E-state index contributed by atoms with van der Waals surface area (Å²) in [4.78, 5) is 3.27. The van der Waals surface area contributed by atoms with Gasteiger partial charge in [0.15, 0.2) is 0 Å². The molecule has 0 radical (unpaired) electrons. The predicted molar refractivity (Wildman–Crippen MR) is 85.1 cm³/mol. The van der Waals surface area contributed by atoms with Crippen LogP contribution in [-0.4, -0.2) is 4.98 Å². The molecule has 2 rings (SSSR count). The van der Waals surface area contributed by atoms with Crippen molar-refractivity contribution < 1.29 is 0 Å². The minimum absolute atomic E-state index is 0.471. The molecule has 0 unspecified atom stereocenters. The average molecular weight is 251 g/mol. The SMILES string of the molecule is C=C/C=C(\C(=C/C)c1cccc2[nH]ccc12)C(C)C. The molecule has 0 amide bonds. The molecule has 1 N–H and O–H groups in total. The van der Waals surface area contributed by atoms with E-state index in [4.69, 9.17) is 0 Å². The van der Waals surface area contributed by atoms with Crippen LogP contribution in [0, 0.1) is 5.92 Å². The molecule has 1 aromatic carbocycles. The van der Waals surface area contributed by atoms with Crippen molar-refractivity contribution >= 4 is 16.5 Å². The summed E-state index contributed by atoms with van der Waals surface area (Å²) in [5, 5.41) is 1.27. The third-order valence-electron chi connectivity index (χ3n) is 3.40. The Morgan fingerprint density at radius 1 is 1.26 bits per heavy atom. The second-order valence-corrected chi connectivity index (χ2v) is 4.96. The van der Waals surface area contributed by atoms with Crippen LogP contribution in [0.5, 0.6) is 0 Å². The van der Waals surface area contributed by atoms with Gasteiger partial charge >= 0.3 is 0 Å². The zero-order valence-electron chi connectivity index (χ0n) is 11.9. The monoisotopic (exact) mass is 251 g/mol. The van der Waals surface area contributed by atoms with E-state index >= 15 is 0 Å². The summed E-state index contributed by atoms with van der Waals surface area (Å²) in [7, 11) is 0. The van der Waals surface area contributed by atoms with Crippen LogP contribution in [0.1, 0.15) is 26.3 Å². The summed E-state index contributed by atoms with van der Waals surface area (Å²) in [5.41, 5.74) is 5.08. The minimum atomic E-state index is 0.471. The van der Waals surface area contributed by atoms with Crippen molar-refractivity contribution in [1.29, 1.82) is 0 Å². The van der Waals surface area contributed by atoms with E-state index in [-0.39, 0.29) is 0 Å². The van der Waals surface area contributed by atoms with E-state index in [1.54, 1.807) is 0 Å². The van der Waals surface area contributed by atoms with Gasteiger partial charge in [-0.25, -0.2) is 0 Å². The molecular weight excluding hydrogens is 230 g/mol. The van der Waals surface area contributed by atoms with Gasteiger partial charge in [-0.3, -0.25) is 0 Å². The van der Waals surface area contributed by atoms with Gasteiger partial charge in [-0.05, 0) is 41.7 Å². The maximum Gasteiger partial charge on any atom is 0.0460 e. The van der Waals surface area contributed by atoms with E-state index in [1.165, 1.54) is 27.6 Å². The summed E-state index contributed by atoms with van der Waals surface area (Å²) < 4.78 is 0. The van der Waals surface area contributed by atoms with E-state index < -0.39 is 0 Å². The molecule has 0 aliphatic carbocycles. The number of fused-ring (bicyclic) bond motifs is 1. The maximum absolute atomic E-state index is 3.84. The van der Waals surface area contributed by atoms with Crippen molar-refractivity contribution in [2.75, 3.05) is 0 Å². The van der Waals surface area contributed by atoms with Crippen molar-refractivity contribution in [1.82, 2.24) is 4.98 Å². The molecule has 0 aliphatic rings. The van der Waals surface area contributed by atoms with E-state index in [1.807, 2.05) is 12.3 Å². The minimum Gasteiger partial charge on any atom is -0.361 e. The molecule has 0 bridgehead atoms. The highest BCUT2D eigenvalue weighted by Crippen LogP contribution is 2.33. The second-order valence-electron chi connectivity index (χ2n) is 4.96. The van der Waals surface area contributed by atoms with E-state index in [2.05, 4.69) is 68.8 Å². The van der Waals surface area contributed by atoms with Gasteiger partial charge in [-0.2, -0.15) is 0 Å². The quantitative estimate of drug-likeness (QED) is 0.706. The van der Waals surface area contributed by atoms with Gasteiger partial charge in [-0.15, -0.1) is 0 Å². The Kier molecular flexibility index (Phi) is 4.06. The van der Waals surface area contributed by atoms with Crippen LogP contribution in [0.2, 0.25) is 0 Å². The second kappa shape index (κ2) is 5.75. The summed E-state index contributed by atoms with van der Waals surface area (Å²) in [6.07, 6.45) is 8.17. The largest absolute Gasteiger partial charge is 0.361 e. The van der Waals surface area contributed by atoms with Crippen LogP contribution in [0.15, 0.2) is 60.8 Å². The van der Waals surface area contributed by atoms with Gasteiger partial charge in [0.2, 0.25) is 0 Å². The van der Waals surface area contributed by atoms with Gasteiger partial charge < -0.3 is 4.98 Å². The van der Waals surface area contributed by atoms with E-state index in [9.17, 15) is 0 Å². The molecule has 2 aromatic rings. The Morgan fingerprint density at radius 3 is 2.68 bits per heavy atom. The van der Waals surface area contributed by atoms with E-state index in [0.29, 0.717) is 5.92 Å². The molecule has 0 fully saturated rings. The Morgan fingerprint density at radius 2 is 2.05 bits per heavy atom. The number of allylic oxidation sites excluding steroid dienone is 5. The Hall–Kier alpha value is -2.02. The Balaban J connectivity index is 2.63. The summed E-state index contributed by atoms with van der Waals surface area (Å²) >= 11 is 0. The number of nitrogens with one attached hydrogen (secondary N) is 1. The first-order valence-corrected chi connectivity index (χ1v) is 6.74. The highest BCUT2D eigenvalue weighted by molar-refractivity contribution is 5.96. The van der Waals surface area contributed by atoms with Crippen LogP contribution in [-0.2, 0) is 0 Å². The number of aromatic nitrogens is 1. The lowest BCUT2D eigenvalue weighted by Gasteiger charge is -2.16. The summed E-state index contributed by atoms with van der Waals surface area (Å²) in [6, 6.07) is 8.53. The Bertz CT molecular complexity index is 639. The van der Waals surface area contributed by atoms with Gasteiger partial charge in [0.1, 0.15) is 0 Å². The van der Waals surface area contributed by atoms with E-state index in [0.717, 1.165) is 0 Å². The van der Waals surface area contributed by atoms with Gasteiger partial charge in [0, 0.05) is 17.1 Å². The first kappa shape index (κ1) is 13.4. The number of hydrogen-bond donors (Lipinski definition) is 1. The molecule has 1 nitrogen and oxygen atoms in total. The predicted octanol–water partition coefficient (Wildman–Crippen LogP) is 5.34. The van der Waals surface area contributed by atoms with Crippen molar-refractivity contribution in [3.8, 4) is 0 Å². The van der Waals surface area contributed by atoms with Gasteiger partial charge in [0.25, 0.3) is 0 Å². The number of hydrogen-bond acceptors (Lipinski definition) is 0. The smallest absolute Gasteiger partial charge is 0.0460 e. The lowest BCUT2D eigenvalue weighted by atomic mass is 9.88. The summed E-state index contributed by atoms with van der Waals surface area (Å²) in [6.45, 7) is 10.4. The fourth-order valence-electron chi connectivity index (χ4n) is 2.52. The number of rotatable bonds is 4. The van der Waals surface area contributed by atoms with Gasteiger partial charge in [0.05, 0.1) is 0 Å². The zero-order chi connectivity index (χ0) is 13.8. The lowest BCUT2D eigenvalue weighted by molar-refractivity contribution is 0.797. The van der Waals surface area contributed by atoms with Crippen LogP contribution in [0.3, 0.4) is 0 Å². The first-order valence-electron chi connectivity index (χ1n) is 6.74. The third kappa shape index (κ3) is 2.55. The Labute approximate surface area is 115 Å². The van der Waals surface area contributed by atoms with Crippen molar-refractivity contribution in [3.63, 3.8) is 0 Å². The topological polar surface area (TPSA) is 15.8 Å². The van der Waals surface area contributed by atoms with Crippen LogP contribution in [0.4, 0.5) is 0 Å². The third-order valence-corrected chi connectivity index (χ3v) is 3.40.